The molecule has 0 aliphatic carbocycles. The van der Waals surface area contributed by atoms with Gasteiger partial charge in [-0.2, -0.15) is 0 Å². The monoisotopic (exact) mass is 335 g/mol. The number of benzene rings is 2. The lowest BCUT2D eigenvalue weighted by molar-refractivity contribution is 0.174. The van der Waals surface area contributed by atoms with Gasteiger partial charge in [-0.05, 0) is 36.8 Å². The van der Waals surface area contributed by atoms with Gasteiger partial charge in [-0.3, -0.25) is 0 Å². The van der Waals surface area contributed by atoms with E-state index in [9.17, 15) is 8.42 Å². The van der Waals surface area contributed by atoms with Crippen LogP contribution in [0.15, 0.2) is 47.4 Å². The fourth-order valence-corrected chi connectivity index (χ4v) is 3.21. The van der Waals surface area contributed by atoms with Gasteiger partial charge >= 0.3 is 0 Å². The third kappa shape index (κ3) is 3.75. The highest BCUT2D eigenvalue weighted by Gasteiger charge is 2.19. The number of fused-ring (bicyclic) bond motifs is 1. The van der Waals surface area contributed by atoms with Crippen LogP contribution in [0.5, 0.6) is 17.2 Å². The minimum Gasteiger partial charge on any atom is -0.492 e. The molecule has 0 amide bonds. The van der Waals surface area contributed by atoms with Crippen LogP contribution in [0.3, 0.4) is 0 Å². The molecule has 23 heavy (non-hydrogen) atoms. The highest BCUT2D eigenvalue weighted by Crippen LogP contribution is 2.33. The van der Waals surface area contributed by atoms with E-state index < -0.39 is 10.0 Å². The van der Waals surface area contributed by atoms with Crippen molar-refractivity contribution in [2.24, 2.45) is 0 Å². The van der Waals surface area contributed by atoms with Crippen LogP contribution in [0.4, 0.5) is 0 Å². The van der Waals surface area contributed by atoms with E-state index in [0.717, 1.165) is 5.56 Å². The van der Waals surface area contributed by atoms with E-state index in [0.29, 0.717) is 17.2 Å². The summed E-state index contributed by atoms with van der Waals surface area (Å²) in [5.41, 5.74) is 1.09. The molecule has 1 aliphatic rings. The standard InChI is InChI=1S/C16H17NO5S/c1-12-3-2-4-13(9-12)20-8-7-17-23(18,19)14-5-6-15-16(10-14)22-11-21-15/h2-6,9-10,17H,7-8,11H2,1H3. The second-order valence-electron chi connectivity index (χ2n) is 5.08. The molecule has 0 radical (unpaired) electrons. The minimum absolute atomic E-state index is 0.108. The van der Waals surface area contributed by atoms with E-state index in [1.165, 1.54) is 12.1 Å². The summed E-state index contributed by atoms with van der Waals surface area (Å²) in [7, 11) is -3.61. The Labute approximate surface area is 135 Å². The number of rotatable bonds is 6. The van der Waals surface area contributed by atoms with E-state index >= 15 is 0 Å². The number of hydrogen-bond donors (Lipinski definition) is 1. The normalized spacial score (nSPS) is 13.1. The quantitative estimate of drug-likeness (QED) is 0.818. The molecular weight excluding hydrogens is 318 g/mol. The number of hydrogen-bond acceptors (Lipinski definition) is 5. The van der Waals surface area contributed by atoms with Gasteiger partial charge in [-0.1, -0.05) is 12.1 Å². The van der Waals surface area contributed by atoms with Crippen LogP contribution in [0, 0.1) is 6.92 Å². The highest BCUT2D eigenvalue weighted by molar-refractivity contribution is 7.89. The lowest BCUT2D eigenvalue weighted by Gasteiger charge is -2.09. The van der Waals surface area contributed by atoms with Crippen molar-refractivity contribution in [3.8, 4) is 17.2 Å². The Hall–Kier alpha value is -2.25. The predicted octanol–water partition coefficient (Wildman–Crippen LogP) is 2.08. The molecule has 7 heteroatoms. The zero-order chi connectivity index (χ0) is 16.3. The summed E-state index contributed by atoms with van der Waals surface area (Å²) in [6.45, 7) is 2.49. The number of aryl methyl sites for hydroxylation is 1. The van der Waals surface area contributed by atoms with Gasteiger partial charge < -0.3 is 14.2 Å². The molecule has 3 rings (SSSR count). The number of nitrogens with one attached hydrogen (secondary N) is 1. The van der Waals surface area contributed by atoms with Crippen LogP contribution in [-0.2, 0) is 10.0 Å². The summed E-state index contributed by atoms with van der Waals surface area (Å²) in [6, 6.07) is 12.1. The minimum atomic E-state index is -3.61. The second-order valence-corrected chi connectivity index (χ2v) is 6.84. The van der Waals surface area contributed by atoms with Crippen molar-refractivity contribution in [3.05, 3.63) is 48.0 Å². The maximum atomic E-state index is 12.2. The van der Waals surface area contributed by atoms with Gasteiger partial charge in [0.25, 0.3) is 0 Å². The van der Waals surface area contributed by atoms with Crippen LogP contribution in [0.1, 0.15) is 5.56 Å². The van der Waals surface area contributed by atoms with Gasteiger partial charge in [-0.15, -0.1) is 0 Å². The zero-order valence-corrected chi connectivity index (χ0v) is 13.4. The van der Waals surface area contributed by atoms with E-state index in [-0.39, 0.29) is 24.8 Å². The van der Waals surface area contributed by atoms with Crippen molar-refractivity contribution < 1.29 is 22.6 Å². The van der Waals surface area contributed by atoms with E-state index in [2.05, 4.69) is 4.72 Å². The Morgan fingerprint density at radius 1 is 1.13 bits per heavy atom. The van der Waals surface area contributed by atoms with Gasteiger partial charge in [0.2, 0.25) is 16.8 Å². The average molecular weight is 335 g/mol. The highest BCUT2D eigenvalue weighted by atomic mass is 32.2. The molecule has 122 valence electrons. The SMILES string of the molecule is Cc1cccc(OCCNS(=O)(=O)c2ccc3c(c2)OCO3)c1. The Balaban J connectivity index is 1.57. The van der Waals surface area contributed by atoms with Crippen LogP contribution < -0.4 is 18.9 Å². The molecule has 0 fully saturated rings. The smallest absolute Gasteiger partial charge is 0.240 e. The van der Waals surface area contributed by atoms with Gasteiger partial charge in [0.15, 0.2) is 11.5 Å². The first kappa shape index (κ1) is 15.6. The molecule has 1 N–H and O–H groups in total. The summed E-state index contributed by atoms with van der Waals surface area (Å²) in [5, 5.41) is 0. The van der Waals surface area contributed by atoms with E-state index in [1.807, 2.05) is 31.2 Å². The second kappa shape index (κ2) is 6.47. The third-order valence-electron chi connectivity index (χ3n) is 3.31. The molecule has 1 heterocycles. The first-order chi connectivity index (χ1) is 11.0. The summed E-state index contributed by atoms with van der Waals surface area (Å²) in [6.07, 6.45) is 0. The van der Waals surface area contributed by atoms with Crippen LogP contribution in [0.2, 0.25) is 0 Å². The fraction of sp³-hybridized carbons (Fsp3) is 0.250. The lowest BCUT2D eigenvalue weighted by atomic mass is 10.2. The molecule has 1 aliphatic heterocycles. The molecule has 2 aromatic rings. The molecule has 0 atom stereocenters. The Morgan fingerprint density at radius 3 is 2.78 bits per heavy atom. The maximum Gasteiger partial charge on any atom is 0.240 e. The van der Waals surface area contributed by atoms with Crippen LogP contribution in [0.25, 0.3) is 0 Å². The fourth-order valence-electron chi connectivity index (χ4n) is 2.18. The average Bonchev–Trinajstić information content (AvgIpc) is 2.99. The van der Waals surface area contributed by atoms with Crippen molar-refractivity contribution >= 4 is 10.0 Å². The Kier molecular flexibility index (Phi) is 4.40. The molecule has 0 saturated heterocycles. The van der Waals surface area contributed by atoms with Crippen molar-refractivity contribution in [2.75, 3.05) is 19.9 Å². The third-order valence-corrected chi connectivity index (χ3v) is 4.77. The number of sulfonamides is 1. The van der Waals surface area contributed by atoms with Gasteiger partial charge in [0.1, 0.15) is 12.4 Å². The molecule has 0 aromatic heterocycles. The summed E-state index contributed by atoms with van der Waals surface area (Å²) in [5.74, 6) is 1.70. The zero-order valence-electron chi connectivity index (χ0n) is 12.6. The first-order valence-corrected chi connectivity index (χ1v) is 8.62. The molecule has 0 unspecified atom stereocenters. The van der Waals surface area contributed by atoms with Crippen LogP contribution in [-0.4, -0.2) is 28.4 Å². The van der Waals surface area contributed by atoms with E-state index in [4.69, 9.17) is 14.2 Å². The van der Waals surface area contributed by atoms with Gasteiger partial charge in [-0.25, -0.2) is 13.1 Å². The van der Waals surface area contributed by atoms with E-state index in [1.54, 1.807) is 6.07 Å². The van der Waals surface area contributed by atoms with Crippen molar-refractivity contribution in [3.63, 3.8) is 0 Å². The van der Waals surface area contributed by atoms with Crippen LogP contribution >= 0.6 is 0 Å². The maximum absolute atomic E-state index is 12.2. The predicted molar refractivity (Wildman–Crippen MR) is 84.4 cm³/mol. The van der Waals surface area contributed by atoms with Crippen molar-refractivity contribution in [1.82, 2.24) is 4.72 Å². The Bertz CT molecular complexity index is 804. The lowest BCUT2D eigenvalue weighted by Crippen LogP contribution is -2.28. The summed E-state index contributed by atoms with van der Waals surface area (Å²) < 4.78 is 42.8. The first-order valence-electron chi connectivity index (χ1n) is 7.13. The summed E-state index contributed by atoms with van der Waals surface area (Å²) in [4.78, 5) is 0.136. The Morgan fingerprint density at radius 2 is 1.96 bits per heavy atom. The molecule has 0 saturated carbocycles. The largest absolute Gasteiger partial charge is 0.492 e. The van der Waals surface area contributed by atoms with Crippen molar-refractivity contribution in [2.45, 2.75) is 11.8 Å². The topological polar surface area (TPSA) is 73.9 Å². The molecular formula is C16H17NO5S. The van der Waals surface area contributed by atoms with Crippen molar-refractivity contribution in [1.29, 1.82) is 0 Å². The molecule has 2 aromatic carbocycles. The van der Waals surface area contributed by atoms with Gasteiger partial charge in [0, 0.05) is 12.6 Å². The molecule has 0 bridgehead atoms. The van der Waals surface area contributed by atoms with Gasteiger partial charge in [0.05, 0.1) is 4.90 Å². The number of ether oxygens (including phenoxy) is 3. The molecule has 6 nitrogen and oxygen atoms in total. The summed E-state index contributed by atoms with van der Waals surface area (Å²) >= 11 is 0. The molecule has 0 spiro atoms.